The molecule has 4 heteroatoms. The van der Waals surface area contributed by atoms with Crippen molar-refractivity contribution in [3.8, 4) is 22.3 Å². The lowest BCUT2D eigenvalue weighted by Crippen LogP contribution is -2.12. The van der Waals surface area contributed by atoms with Crippen molar-refractivity contribution in [1.82, 2.24) is 8.80 Å². The molecule has 4 heterocycles. The van der Waals surface area contributed by atoms with Gasteiger partial charge in [-0.2, -0.15) is 0 Å². The number of para-hydroxylation sites is 2. The van der Waals surface area contributed by atoms with Crippen molar-refractivity contribution in [3.63, 3.8) is 0 Å². The Kier molecular flexibility index (Phi) is 10.9. The Hall–Kier alpha value is -9.38. The first kappa shape index (κ1) is 49.6. The molecule has 0 saturated heterocycles. The van der Waals surface area contributed by atoms with Crippen molar-refractivity contribution in [2.45, 2.75) is 83.1 Å². The zero-order valence-electron chi connectivity index (χ0n) is 49.1. The van der Waals surface area contributed by atoms with E-state index in [1.54, 1.807) is 0 Å². The second-order valence-corrected chi connectivity index (χ2v) is 23.8. The molecule has 0 unspecified atom stereocenters. The van der Waals surface area contributed by atoms with E-state index in [1.807, 2.05) is 0 Å². The lowest BCUT2D eigenvalue weighted by molar-refractivity contribution is 1.20. The second kappa shape index (κ2) is 18.1. The quantitative estimate of drug-likeness (QED) is 0.151. The third-order valence-corrected chi connectivity index (χ3v) is 19.3. The summed E-state index contributed by atoms with van der Waals surface area (Å²) in [6.07, 6.45) is 0. The molecule has 4 aromatic heterocycles. The minimum atomic E-state index is 1.16. The number of anilines is 6. The number of hydrogen-bond acceptors (Lipinski definition) is 2. The maximum atomic E-state index is 2.66. The van der Waals surface area contributed by atoms with Crippen molar-refractivity contribution < 1.29 is 0 Å². The largest absolute Gasteiger partial charge is 0.310 e. The first-order chi connectivity index (χ1) is 39.7. The molecule has 0 aliphatic heterocycles. The van der Waals surface area contributed by atoms with Crippen LogP contribution in [0.3, 0.4) is 0 Å². The summed E-state index contributed by atoms with van der Waals surface area (Å²) in [6.45, 7) is 27.1. The van der Waals surface area contributed by atoms with Crippen LogP contribution in [0.15, 0.2) is 182 Å². The molecule has 15 aromatic rings. The van der Waals surface area contributed by atoms with Crippen LogP contribution in [-0.2, 0) is 0 Å². The number of nitrogens with zero attached hydrogens (tertiary/aromatic N) is 4. The van der Waals surface area contributed by atoms with E-state index >= 15 is 0 Å². The molecule has 0 aliphatic carbocycles. The van der Waals surface area contributed by atoms with E-state index in [9.17, 15) is 0 Å². The van der Waals surface area contributed by atoms with Gasteiger partial charge in [-0.1, -0.05) is 109 Å². The molecule has 0 amide bonds. The first-order valence-corrected chi connectivity index (χ1v) is 29.1. The maximum absolute atomic E-state index is 2.66. The molecule has 0 N–H and O–H groups in total. The Morgan fingerprint density at radius 2 is 0.537 bits per heavy atom. The van der Waals surface area contributed by atoms with Gasteiger partial charge in [0.05, 0.1) is 44.5 Å². The van der Waals surface area contributed by atoms with Crippen LogP contribution in [0.2, 0.25) is 0 Å². The van der Waals surface area contributed by atoms with E-state index in [-0.39, 0.29) is 0 Å². The number of benzene rings is 11. The molecule has 4 nitrogen and oxygen atoms in total. The highest BCUT2D eigenvalue weighted by atomic mass is 15.2. The zero-order chi connectivity index (χ0) is 56.3. The summed E-state index contributed by atoms with van der Waals surface area (Å²) in [5.41, 5.74) is 34.8. The van der Waals surface area contributed by atoms with Crippen LogP contribution in [0.4, 0.5) is 34.1 Å². The molecule has 0 saturated carbocycles. The van der Waals surface area contributed by atoms with Crippen LogP contribution in [0.25, 0.3) is 98.4 Å². The summed E-state index contributed by atoms with van der Waals surface area (Å²) in [7, 11) is 0. The fourth-order valence-electron chi connectivity index (χ4n) is 14.3. The Labute approximate surface area is 480 Å². The summed E-state index contributed by atoms with van der Waals surface area (Å²) >= 11 is 0. The summed E-state index contributed by atoms with van der Waals surface area (Å²) in [5, 5.41) is 9.96. The second-order valence-electron chi connectivity index (χ2n) is 23.8. The molecule has 398 valence electrons. The van der Waals surface area contributed by atoms with Gasteiger partial charge < -0.3 is 18.6 Å². The Bertz CT molecular complexity index is 4630. The van der Waals surface area contributed by atoms with E-state index in [4.69, 9.17) is 0 Å². The molecule has 0 aliphatic rings. The Balaban J connectivity index is 1.16. The van der Waals surface area contributed by atoms with E-state index in [0.29, 0.717) is 0 Å². The molecule has 15 rings (SSSR count). The number of rotatable bonds is 8. The van der Waals surface area contributed by atoms with Crippen LogP contribution in [0, 0.1) is 83.1 Å². The van der Waals surface area contributed by atoms with Gasteiger partial charge >= 0.3 is 0 Å². The molecule has 11 aromatic carbocycles. The third kappa shape index (κ3) is 6.91. The van der Waals surface area contributed by atoms with Crippen LogP contribution in [-0.4, -0.2) is 8.80 Å². The minimum Gasteiger partial charge on any atom is -0.310 e. The van der Waals surface area contributed by atoms with Crippen molar-refractivity contribution in [2.24, 2.45) is 0 Å². The average Bonchev–Trinajstić information content (AvgIpc) is 4.30. The SMILES string of the molecule is Cc1cc(N(c2cc(C)c(C)c(C)c2)c2ccc3c4c(-c5ccccc5)c5c(c(-c6ccccc6)c4n4c6ccccc6c2c34)c2ccc(N(c3cc(C)c(C)c(C)c3)c3cc(C)c(C)c(C)c3)c3c4ccccc4n5c23)cc(C)c1C. The van der Waals surface area contributed by atoms with Crippen molar-refractivity contribution in [2.75, 3.05) is 9.80 Å². The van der Waals surface area contributed by atoms with Gasteiger partial charge in [0.2, 0.25) is 0 Å². The van der Waals surface area contributed by atoms with Gasteiger partial charge in [-0.15, -0.1) is 0 Å². The highest BCUT2D eigenvalue weighted by Crippen LogP contribution is 2.57. The van der Waals surface area contributed by atoms with Crippen LogP contribution >= 0.6 is 0 Å². The third-order valence-electron chi connectivity index (χ3n) is 19.3. The average molecular weight is 1060 g/mol. The van der Waals surface area contributed by atoms with Gasteiger partial charge in [0.25, 0.3) is 0 Å². The summed E-state index contributed by atoms with van der Waals surface area (Å²) in [5.74, 6) is 0. The number of fused-ring (bicyclic) bond motifs is 12. The normalized spacial score (nSPS) is 12.1. The highest BCUT2D eigenvalue weighted by molar-refractivity contribution is 6.39. The van der Waals surface area contributed by atoms with Crippen molar-refractivity contribution in [1.29, 1.82) is 0 Å². The standard InChI is InChI=1S/C78H66N4/c1-43-35-57(36-44(2)51(43)9)79(58-37-45(3)52(10)46(4)38-58)67-33-31-63-73-69(55-23-15-13-16-24-55)78-74(70(56-25-17-14-18-26-56)77(73)81-65-29-21-19-27-61(65)71(67)75(63)81)64-32-34-68(72-62-28-20-22-30-66(62)82(78)76(64)72)80(59-39-47(5)53(11)48(6)40-59)60-41-49(7)54(12)50(8)42-60/h13-42H,1-12H3. The molecule has 0 atom stereocenters. The fourth-order valence-corrected chi connectivity index (χ4v) is 14.3. The Morgan fingerprint density at radius 1 is 0.256 bits per heavy atom. The van der Waals surface area contributed by atoms with Gasteiger partial charge in [-0.05, 0) is 234 Å². The molecular formula is C78H66N4. The number of aromatic nitrogens is 2. The molecule has 0 fully saturated rings. The minimum absolute atomic E-state index is 1.16. The van der Waals surface area contributed by atoms with Crippen LogP contribution < -0.4 is 9.80 Å². The molecule has 82 heavy (non-hydrogen) atoms. The fraction of sp³-hybridized carbons (Fsp3) is 0.154. The van der Waals surface area contributed by atoms with Crippen LogP contribution in [0.1, 0.15) is 66.8 Å². The lowest BCUT2D eigenvalue weighted by atomic mass is 9.89. The first-order valence-electron chi connectivity index (χ1n) is 29.1. The smallest absolute Gasteiger partial charge is 0.0642 e. The summed E-state index contributed by atoms with van der Waals surface area (Å²) in [6, 6.07) is 69.8. The zero-order valence-corrected chi connectivity index (χ0v) is 49.1. The lowest BCUT2D eigenvalue weighted by Gasteiger charge is -2.29. The monoisotopic (exact) mass is 1060 g/mol. The van der Waals surface area contributed by atoms with Crippen LogP contribution in [0.5, 0.6) is 0 Å². The molecule has 0 radical (unpaired) electrons. The van der Waals surface area contributed by atoms with E-state index < -0.39 is 0 Å². The number of hydrogen-bond donors (Lipinski definition) is 0. The van der Waals surface area contributed by atoms with Gasteiger partial charge in [-0.25, -0.2) is 0 Å². The van der Waals surface area contributed by atoms with E-state index in [1.165, 1.54) is 177 Å². The van der Waals surface area contributed by atoms with E-state index in [0.717, 1.165) is 22.7 Å². The topological polar surface area (TPSA) is 15.3 Å². The number of aryl methyl sites for hydroxylation is 8. The van der Waals surface area contributed by atoms with E-state index in [2.05, 4.69) is 284 Å². The van der Waals surface area contributed by atoms with Gasteiger partial charge in [-0.3, -0.25) is 0 Å². The predicted octanol–water partition coefficient (Wildman–Crippen LogP) is 22.0. The van der Waals surface area contributed by atoms with Gasteiger partial charge in [0.1, 0.15) is 0 Å². The molecule has 0 spiro atoms. The molecule has 0 bridgehead atoms. The highest BCUT2D eigenvalue weighted by Gasteiger charge is 2.34. The summed E-state index contributed by atoms with van der Waals surface area (Å²) in [4.78, 5) is 5.10. The molecular weight excluding hydrogens is 993 g/mol. The predicted molar refractivity (Wildman–Crippen MR) is 353 cm³/mol. The van der Waals surface area contributed by atoms with Crippen molar-refractivity contribution >= 4 is 110 Å². The summed E-state index contributed by atoms with van der Waals surface area (Å²) < 4.78 is 5.32. The Morgan fingerprint density at radius 3 is 0.841 bits per heavy atom. The van der Waals surface area contributed by atoms with Gasteiger partial charge in [0, 0.05) is 77.0 Å². The van der Waals surface area contributed by atoms with Crippen molar-refractivity contribution in [3.05, 3.63) is 249 Å². The maximum Gasteiger partial charge on any atom is 0.0642 e. The van der Waals surface area contributed by atoms with Gasteiger partial charge in [0.15, 0.2) is 0 Å².